The lowest BCUT2D eigenvalue weighted by Crippen LogP contribution is -2.02. The quantitative estimate of drug-likeness (QED) is 0.843. The Bertz CT molecular complexity index is 617. The highest BCUT2D eigenvalue weighted by Crippen LogP contribution is 2.28. The number of halogens is 3. The van der Waals surface area contributed by atoms with Crippen molar-refractivity contribution in [2.24, 2.45) is 0 Å². The van der Waals surface area contributed by atoms with Gasteiger partial charge in [-0.1, -0.05) is 33.6 Å². The van der Waals surface area contributed by atoms with Gasteiger partial charge in [0.15, 0.2) is 0 Å². The van der Waals surface area contributed by atoms with E-state index in [0.717, 1.165) is 10.0 Å². The molecule has 0 fully saturated rings. The van der Waals surface area contributed by atoms with Crippen LogP contribution in [0.2, 0.25) is 5.02 Å². The van der Waals surface area contributed by atoms with Crippen LogP contribution in [0.1, 0.15) is 24.2 Å². The molecule has 1 unspecified atom stereocenters. The minimum Gasteiger partial charge on any atom is -0.488 e. The van der Waals surface area contributed by atoms with Crippen molar-refractivity contribution < 1.29 is 14.2 Å². The fourth-order valence-corrected chi connectivity index (χ4v) is 2.50. The zero-order chi connectivity index (χ0) is 14.7. The van der Waals surface area contributed by atoms with Crippen LogP contribution < -0.4 is 4.74 Å². The molecule has 1 N–H and O–H groups in total. The van der Waals surface area contributed by atoms with E-state index in [1.807, 2.05) is 12.1 Å². The molecular formula is C15H13BrClFO2. The van der Waals surface area contributed by atoms with Crippen LogP contribution in [0.5, 0.6) is 5.75 Å². The summed E-state index contributed by atoms with van der Waals surface area (Å²) in [5.74, 6) is 0.0373. The Morgan fingerprint density at radius 1 is 1.30 bits per heavy atom. The first-order chi connectivity index (χ1) is 9.47. The Morgan fingerprint density at radius 3 is 2.70 bits per heavy atom. The fraction of sp³-hybridized carbons (Fsp3) is 0.200. The predicted octanol–water partition coefficient (Wildman–Crippen LogP) is 4.87. The highest BCUT2D eigenvalue weighted by molar-refractivity contribution is 9.10. The summed E-state index contributed by atoms with van der Waals surface area (Å²) in [6, 6.07) is 9.56. The minimum absolute atomic E-state index is 0.247. The molecule has 0 spiro atoms. The van der Waals surface area contributed by atoms with Gasteiger partial charge in [-0.25, -0.2) is 4.39 Å². The number of aliphatic hydroxyl groups excluding tert-OH is 1. The van der Waals surface area contributed by atoms with Crippen molar-refractivity contribution in [3.05, 3.63) is 62.8 Å². The van der Waals surface area contributed by atoms with E-state index >= 15 is 0 Å². The number of hydrogen-bond donors (Lipinski definition) is 1. The van der Waals surface area contributed by atoms with Gasteiger partial charge >= 0.3 is 0 Å². The van der Waals surface area contributed by atoms with Crippen LogP contribution in [0, 0.1) is 5.82 Å². The lowest BCUT2D eigenvalue weighted by molar-refractivity contribution is 0.189. The average molecular weight is 360 g/mol. The summed E-state index contributed by atoms with van der Waals surface area (Å²) in [4.78, 5) is 0. The molecule has 5 heteroatoms. The van der Waals surface area contributed by atoms with Crippen LogP contribution in [0.4, 0.5) is 4.39 Å². The molecule has 2 aromatic carbocycles. The van der Waals surface area contributed by atoms with E-state index in [2.05, 4.69) is 15.9 Å². The maximum absolute atomic E-state index is 13.2. The predicted molar refractivity (Wildman–Crippen MR) is 80.5 cm³/mol. The molecule has 20 heavy (non-hydrogen) atoms. The largest absolute Gasteiger partial charge is 0.488 e. The monoisotopic (exact) mass is 358 g/mol. The standard InChI is InChI=1S/C15H13BrClFO2/c1-9(19)13-7-12(18)4-5-15(13)20-8-10-2-3-11(16)6-14(10)17/h2-7,9,19H,8H2,1H3. The van der Waals surface area contributed by atoms with Gasteiger partial charge in [0.05, 0.1) is 6.10 Å². The SMILES string of the molecule is CC(O)c1cc(F)ccc1OCc1ccc(Br)cc1Cl. The Balaban J connectivity index is 2.18. The molecule has 0 heterocycles. The van der Waals surface area contributed by atoms with Gasteiger partial charge in [-0.3, -0.25) is 0 Å². The summed E-state index contributed by atoms with van der Waals surface area (Å²) in [6.45, 7) is 1.81. The molecule has 0 aliphatic heterocycles. The number of hydrogen-bond acceptors (Lipinski definition) is 2. The van der Waals surface area contributed by atoms with Crippen LogP contribution in [0.15, 0.2) is 40.9 Å². The Kier molecular flexibility index (Phi) is 5.02. The topological polar surface area (TPSA) is 29.5 Å². The molecule has 2 aromatic rings. The maximum Gasteiger partial charge on any atom is 0.125 e. The van der Waals surface area contributed by atoms with Crippen molar-refractivity contribution in [1.82, 2.24) is 0 Å². The van der Waals surface area contributed by atoms with E-state index in [0.29, 0.717) is 16.3 Å². The molecule has 0 saturated heterocycles. The summed E-state index contributed by atoms with van der Waals surface area (Å²) < 4.78 is 19.7. The van der Waals surface area contributed by atoms with Crippen LogP contribution in [-0.2, 0) is 6.61 Å². The Labute approximate surface area is 130 Å². The third-order valence-electron chi connectivity index (χ3n) is 2.82. The number of rotatable bonds is 4. The molecule has 0 radical (unpaired) electrons. The Hall–Kier alpha value is -1.10. The second-order valence-electron chi connectivity index (χ2n) is 4.38. The van der Waals surface area contributed by atoms with Gasteiger partial charge in [0.25, 0.3) is 0 Å². The van der Waals surface area contributed by atoms with E-state index in [9.17, 15) is 9.50 Å². The highest BCUT2D eigenvalue weighted by Gasteiger charge is 2.11. The highest BCUT2D eigenvalue weighted by atomic mass is 79.9. The van der Waals surface area contributed by atoms with E-state index < -0.39 is 11.9 Å². The van der Waals surface area contributed by atoms with Crippen LogP contribution in [0.3, 0.4) is 0 Å². The van der Waals surface area contributed by atoms with Gasteiger partial charge in [-0.2, -0.15) is 0 Å². The zero-order valence-electron chi connectivity index (χ0n) is 10.7. The van der Waals surface area contributed by atoms with Crippen molar-refractivity contribution in [2.75, 3.05) is 0 Å². The van der Waals surface area contributed by atoms with Gasteiger partial charge in [0.2, 0.25) is 0 Å². The average Bonchev–Trinajstić information content (AvgIpc) is 2.38. The molecule has 0 aromatic heterocycles. The second-order valence-corrected chi connectivity index (χ2v) is 5.71. The van der Waals surface area contributed by atoms with Crippen LogP contribution >= 0.6 is 27.5 Å². The van der Waals surface area contributed by atoms with Crippen LogP contribution in [-0.4, -0.2) is 5.11 Å². The number of ether oxygens (including phenoxy) is 1. The zero-order valence-corrected chi connectivity index (χ0v) is 13.1. The van der Waals surface area contributed by atoms with Crippen molar-refractivity contribution >= 4 is 27.5 Å². The first-order valence-corrected chi connectivity index (χ1v) is 7.18. The van der Waals surface area contributed by atoms with Gasteiger partial charge in [-0.05, 0) is 37.3 Å². The second kappa shape index (κ2) is 6.57. The summed E-state index contributed by atoms with van der Waals surface area (Å²) in [6.07, 6.45) is -0.805. The van der Waals surface area contributed by atoms with Crippen molar-refractivity contribution in [3.63, 3.8) is 0 Å². The summed E-state index contributed by atoms with van der Waals surface area (Å²) in [7, 11) is 0. The first-order valence-electron chi connectivity index (χ1n) is 6.01. The van der Waals surface area contributed by atoms with Crippen molar-refractivity contribution in [3.8, 4) is 5.75 Å². The maximum atomic E-state index is 13.2. The normalized spacial score (nSPS) is 12.2. The van der Waals surface area contributed by atoms with E-state index in [1.54, 1.807) is 13.0 Å². The molecule has 0 aliphatic carbocycles. The van der Waals surface area contributed by atoms with Crippen molar-refractivity contribution in [1.29, 1.82) is 0 Å². The number of benzene rings is 2. The molecule has 0 aliphatic rings. The van der Waals surface area contributed by atoms with E-state index in [1.165, 1.54) is 18.2 Å². The molecule has 0 bridgehead atoms. The minimum atomic E-state index is -0.805. The third-order valence-corrected chi connectivity index (χ3v) is 3.67. The molecule has 0 saturated carbocycles. The summed E-state index contributed by atoms with van der Waals surface area (Å²) in [5.41, 5.74) is 1.23. The molecule has 1 atom stereocenters. The lowest BCUT2D eigenvalue weighted by Gasteiger charge is -2.14. The Morgan fingerprint density at radius 2 is 2.05 bits per heavy atom. The summed E-state index contributed by atoms with van der Waals surface area (Å²) >= 11 is 9.43. The molecule has 106 valence electrons. The van der Waals surface area contributed by atoms with E-state index in [4.69, 9.17) is 16.3 Å². The lowest BCUT2D eigenvalue weighted by atomic mass is 10.1. The van der Waals surface area contributed by atoms with E-state index in [-0.39, 0.29) is 6.61 Å². The van der Waals surface area contributed by atoms with Gasteiger partial charge < -0.3 is 9.84 Å². The molecule has 2 rings (SSSR count). The van der Waals surface area contributed by atoms with Crippen molar-refractivity contribution in [2.45, 2.75) is 19.6 Å². The first kappa shape index (κ1) is 15.3. The van der Waals surface area contributed by atoms with Gasteiger partial charge in [-0.15, -0.1) is 0 Å². The smallest absolute Gasteiger partial charge is 0.125 e. The van der Waals surface area contributed by atoms with Gasteiger partial charge in [0.1, 0.15) is 18.2 Å². The molecular weight excluding hydrogens is 347 g/mol. The van der Waals surface area contributed by atoms with Gasteiger partial charge in [0, 0.05) is 20.6 Å². The molecule has 0 amide bonds. The number of aliphatic hydroxyl groups is 1. The summed E-state index contributed by atoms with van der Waals surface area (Å²) in [5, 5.41) is 10.2. The van der Waals surface area contributed by atoms with Crippen LogP contribution in [0.25, 0.3) is 0 Å². The third kappa shape index (κ3) is 3.72. The molecule has 2 nitrogen and oxygen atoms in total. The fourth-order valence-electron chi connectivity index (χ4n) is 1.77.